The van der Waals surface area contributed by atoms with Gasteiger partial charge in [0, 0.05) is 24.6 Å². The van der Waals surface area contributed by atoms with Crippen LogP contribution in [-0.2, 0) is 9.53 Å². The number of hydrogen-bond donors (Lipinski definition) is 2. The number of aromatic nitrogens is 2. The number of benzene rings is 2. The number of likely N-dealkylation sites (tertiary alicyclic amines) is 1. The van der Waals surface area contributed by atoms with Crippen molar-refractivity contribution in [3.8, 4) is 17.1 Å². The Morgan fingerprint density at radius 2 is 1.89 bits per heavy atom. The van der Waals surface area contributed by atoms with Crippen molar-refractivity contribution in [1.82, 2.24) is 14.9 Å². The Bertz CT molecular complexity index is 1260. The second-order valence-electron chi connectivity index (χ2n) is 10.2. The molecular weight excluding hydrogens is 456 g/mol. The number of carbonyl (C=O) groups is 1. The summed E-state index contributed by atoms with van der Waals surface area (Å²) in [5, 5.41) is 11.1. The van der Waals surface area contributed by atoms with Gasteiger partial charge in [-0.3, -0.25) is 9.69 Å². The molecule has 1 fully saturated rings. The fourth-order valence-electron chi connectivity index (χ4n) is 4.45. The van der Waals surface area contributed by atoms with E-state index in [-0.39, 0.29) is 12.0 Å². The second kappa shape index (κ2) is 10.3. The van der Waals surface area contributed by atoms with Crippen molar-refractivity contribution in [3.63, 3.8) is 0 Å². The number of nitrogens with zero attached hydrogens (tertiary/aromatic N) is 3. The molecule has 0 saturated carbocycles. The fraction of sp³-hybridized carbons (Fsp3) is 0.393. The van der Waals surface area contributed by atoms with Gasteiger partial charge in [-0.1, -0.05) is 63.8 Å². The van der Waals surface area contributed by atoms with Gasteiger partial charge in [0.15, 0.2) is 0 Å². The monoisotopic (exact) mass is 490 g/mol. The lowest BCUT2D eigenvalue weighted by atomic mass is 9.86. The lowest BCUT2D eigenvalue weighted by molar-refractivity contribution is -0.151. The number of fused-ring (bicyclic) bond motifs is 1. The van der Waals surface area contributed by atoms with Gasteiger partial charge in [0.05, 0.1) is 18.1 Å². The van der Waals surface area contributed by atoms with E-state index in [1.54, 1.807) is 11.0 Å². The Hall–Kier alpha value is -3.33. The molecule has 2 aromatic carbocycles. The van der Waals surface area contributed by atoms with E-state index in [4.69, 9.17) is 25.2 Å². The van der Waals surface area contributed by atoms with Crippen LogP contribution in [0.25, 0.3) is 28.4 Å². The zero-order valence-corrected chi connectivity index (χ0v) is 21.2. The molecule has 0 aliphatic carbocycles. The molecule has 0 amide bonds. The number of aliphatic hydroxyl groups excluding tert-OH is 1. The third-order valence-electron chi connectivity index (χ3n) is 6.65. The first-order valence-corrected chi connectivity index (χ1v) is 12.1. The summed E-state index contributed by atoms with van der Waals surface area (Å²) in [5.41, 5.74) is 9.81. The Balaban J connectivity index is 1.70. The van der Waals surface area contributed by atoms with Crippen LogP contribution in [-0.4, -0.2) is 64.0 Å². The van der Waals surface area contributed by atoms with E-state index in [1.807, 2.05) is 69.3 Å². The molecule has 3 N–H and O–H groups in total. The van der Waals surface area contributed by atoms with Crippen molar-refractivity contribution in [2.24, 2.45) is 11.1 Å². The number of esters is 1. The van der Waals surface area contributed by atoms with Gasteiger partial charge in [0.25, 0.3) is 0 Å². The molecule has 4 rings (SSSR count). The molecule has 0 bridgehead atoms. The van der Waals surface area contributed by atoms with E-state index in [9.17, 15) is 9.90 Å². The maximum absolute atomic E-state index is 12.6. The molecule has 8 nitrogen and oxygen atoms in total. The Morgan fingerprint density at radius 3 is 2.53 bits per heavy atom. The van der Waals surface area contributed by atoms with E-state index in [0.717, 1.165) is 16.6 Å². The SMILES string of the molecule is C=Cc1cccc(-c2nc3ccccc3nc2O[C@@H]2C[C@@H](C(=O)OC)N(C(O)[C@@H](N)C(C)(C)C)C2)c1. The van der Waals surface area contributed by atoms with Gasteiger partial charge in [-0.15, -0.1) is 0 Å². The summed E-state index contributed by atoms with van der Waals surface area (Å²) >= 11 is 0. The van der Waals surface area contributed by atoms with E-state index in [2.05, 4.69) is 6.58 Å². The molecule has 1 aliphatic rings. The molecule has 190 valence electrons. The van der Waals surface area contributed by atoms with Crippen LogP contribution in [0.2, 0.25) is 0 Å². The average molecular weight is 491 g/mol. The van der Waals surface area contributed by atoms with Gasteiger partial charge in [-0.2, -0.15) is 0 Å². The highest BCUT2D eigenvalue weighted by molar-refractivity contribution is 5.80. The van der Waals surface area contributed by atoms with Crippen molar-refractivity contribution >= 4 is 23.1 Å². The van der Waals surface area contributed by atoms with Crippen molar-refractivity contribution in [2.75, 3.05) is 13.7 Å². The van der Waals surface area contributed by atoms with Gasteiger partial charge in [0.2, 0.25) is 5.88 Å². The van der Waals surface area contributed by atoms with E-state index in [1.165, 1.54) is 7.11 Å². The van der Waals surface area contributed by atoms with Crippen LogP contribution < -0.4 is 10.5 Å². The highest BCUT2D eigenvalue weighted by Crippen LogP contribution is 2.34. The van der Waals surface area contributed by atoms with E-state index >= 15 is 0 Å². The van der Waals surface area contributed by atoms with Crippen molar-refractivity contribution < 1.29 is 19.4 Å². The summed E-state index contributed by atoms with van der Waals surface area (Å²) in [6, 6.07) is 14.1. The standard InChI is InChI=1S/C28H34N4O4/c1-6-17-10-9-11-18(14-17)23-25(31-21-13-8-7-12-20(21)30-23)36-19-15-22(27(34)35-5)32(16-19)26(33)24(29)28(2,3)4/h6-14,19,22,24,26,33H,1,15-16,29H2,2-5H3/t19-,22+,24-,26?/m1/s1. The predicted molar refractivity (Wildman–Crippen MR) is 140 cm³/mol. The van der Waals surface area contributed by atoms with Crippen molar-refractivity contribution in [1.29, 1.82) is 0 Å². The minimum absolute atomic E-state index is 0.283. The summed E-state index contributed by atoms with van der Waals surface area (Å²) in [5.74, 6) is -0.0789. The number of para-hydroxylation sites is 2. The van der Waals surface area contributed by atoms with Gasteiger partial charge in [-0.05, 0) is 29.2 Å². The highest BCUT2D eigenvalue weighted by Gasteiger charge is 2.45. The van der Waals surface area contributed by atoms with Crippen LogP contribution in [0.4, 0.5) is 0 Å². The summed E-state index contributed by atoms with van der Waals surface area (Å²) in [4.78, 5) is 23.9. The summed E-state index contributed by atoms with van der Waals surface area (Å²) in [7, 11) is 1.34. The largest absolute Gasteiger partial charge is 0.471 e. The Kier molecular flexibility index (Phi) is 7.40. The molecule has 3 aromatic rings. The summed E-state index contributed by atoms with van der Waals surface area (Å²) in [6.45, 7) is 10.00. The van der Waals surface area contributed by atoms with Crippen LogP contribution in [0.5, 0.6) is 5.88 Å². The first-order valence-electron chi connectivity index (χ1n) is 12.1. The first-order chi connectivity index (χ1) is 17.1. The fourth-order valence-corrected chi connectivity index (χ4v) is 4.45. The Labute approximate surface area is 211 Å². The maximum atomic E-state index is 12.6. The molecule has 4 atom stereocenters. The average Bonchev–Trinajstić information content (AvgIpc) is 3.30. The molecule has 0 spiro atoms. The van der Waals surface area contributed by atoms with Gasteiger partial charge >= 0.3 is 5.97 Å². The van der Waals surface area contributed by atoms with Gasteiger partial charge < -0.3 is 20.3 Å². The third kappa shape index (κ3) is 5.26. The number of hydrogen-bond acceptors (Lipinski definition) is 8. The van der Waals surface area contributed by atoms with Gasteiger partial charge in [-0.25, -0.2) is 9.97 Å². The lowest BCUT2D eigenvalue weighted by Gasteiger charge is -2.37. The summed E-state index contributed by atoms with van der Waals surface area (Å²) < 4.78 is 11.4. The molecule has 1 unspecified atom stereocenters. The predicted octanol–water partition coefficient (Wildman–Crippen LogP) is 3.63. The highest BCUT2D eigenvalue weighted by atomic mass is 16.5. The van der Waals surface area contributed by atoms with E-state index < -0.39 is 30.4 Å². The molecular formula is C28H34N4O4. The van der Waals surface area contributed by atoms with Gasteiger partial charge in [0.1, 0.15) is 24.1 Å². The quantitative estimate of drug-likeness (QED) is 0.483. The zero-order chi connectivity index (χ0) is 26.0. The number of carbonyl (C=O) groups excluding carboxylic acids is 1. The minimum Gasteiger partial charge on any atom is -0.471 e. The number of aliphatic hydroxyl groups is 1. The molecule has 2 heterocycles. The Morgan fingerprint density at radius 1 is 1.19 bits per heavy atom. The normalized spacial score (nSPS) is 20.2. The summed E-state index contributed by atoms with van der Waals surface area (Å²) in [6.07, 6.45) is 0.608. The van der Waals surface area contributed by atoms with Crippen LogP contribution in [0.1, 0.15) is 32.8 Å². The third-order valence-corrected chi connectivity index (χ3v) is 6.65. The number of rotatable bonds is 7. The number of ether oxygens (including phenoxy) is 2. The van der Waals surface area contributed by atoms with Crippen LogP contribution in [0.3, 0.4) is 0 Å². The lowest BCUT2D eigenvalue weighted by Crippen LogP contribution is -2.56. The maximum Gasteiger partial charge on any atom is 0.323 e. The van der Waals surface area contributed by atoms with Crippen LogP contribution >= 0.6 is 0 Å². The number of methoxy groups -OCH3 is 1. The molecule has 8 heteroatoms. The smallest absolute Gasteiger partial charge is 0.323 e. The first kappa shape index (κ1) is 25.8. The molecule has 36 heavy (non-hydrogen) atoms. The molecule has 1 aromatic heterocycles. The molecule has 0 radical (unpaired) electrons. The molecule has 1 saturated heterocycles. The van der Waals surface area contributed by atoms with Crippen LogP contribution in [0.15, 0.2) is 55.1 Å². The van der Waals surface area contributed by atoms with Crippen LogP contribution in [0, 0.1) is 5.41 Å². The van der Waals surface area contributed by atoms with E-state index in [0.29, 0.717) is 23.5 Å². The van der Waals surface area contributed by atoms with Crippen molar-refractivity contribution in [2.45, 2.75) is 51.6 Å². The molecule has 1 aliphatic heterocycles. The second-order valence-corrected chi connectivity index (χ2v) is 10.2. The number of nitrogens with two attached hydrogens (primary N) is 1. The minimum atomic E-state index is -1.05. The zero-order valence-electron chi connectivity index (χ0n) is 21.2. The van der Waals surface area contributed by atoms with Crippen molar-refractivity contribution in [3.05, 3.63) is 60.7 Å². The topological polar surface area (TPSA) is 111 Å².